The second-order valence-electron chi connectivity index (χ2n) is 1.85. The quantitative estimate of drug-likeness (QED) is 0.568. The van der Waals surface area contributed by atoms with Crippen molar-refractivity contribution in [3.8, 4) is 0 Å². The van der Waals surface area contributed by atoms with Crippen LogP contribution in [0.1, 0.15) is 5.69 Å². The Hall–Kier alpha value is -1.45. The van der Waals surface area contributed by atoms with E-state index in [-0.39, 0.29) is 0 Å². The molecule has 10 heavy (non-hydrogen) atoms. The number of aromatic amines is 1. The Kier molecular flexibility index (Phi) is 1.94. The normalized spacial score (nSPS) is 9.20. The van der Waals surface area contributed by atoms with E-state index in [4.69, 9.17) is 5.11 Å². The second kappa shape index (κ2) is 2.91. The van der Waals surface area contributed by atoms with Gasteiger partial charge >= 0.3 is 6.09 Å². The largest absolute Gasteiger partial charge is 0.465 e. The topological polar surface area (TPSA) is 65.1 Å². The number of carbonyl (C=O) groups is 1. The van der Waals surface area contributed by atoms with E-state index < -0.39 is 6.09 Å². The summed E-state index contributed by atoms with van der Waals surface area (Å²) in [6.45, 7) is 0.336. The highest BCUT2D eigenvalue weighted by atomic mass is 16.4. The third-order valence-electron chi connectivity index (χ3n) is 1.09. The van der Waals surface area contributed by atoms with Gasteiger partial charge in [0.05, 0.1) is 6.54 Å². The molecule has 4 heteroatoms. The minimum atomic E-state index is -1.00. The first-order chi connectivity index (χ1) is 4.79. The van der Waals surface area contributed by atoms with Crippen molar-refractivity contribution >= 4 is 6.09 Å². The Morgan fingerprint density at radius 1 is 1.80 bits per heavy atom. The van der Waals surface area contributed by atoms with Crippen LogP contribution in [0.3, 0.4) is 0 Å². The van der Waals surface area contributed by atoms with Crippen LogP contribution in [-0.4, -0.2) is 16.2 Å². The molecule has 0 aliphatic carbocycles. The molecular formula is C6H8N2O2. The maximum absolute atomic E-state index is 9.97. The second-order valence-corrected chi connectivity index (χ2v) is 1.85. The lowest BCUT2D eigenvalue weighted by molar-refractivity contribution is 0.194. The predicted octanol–water partition coefficient (Wildman–Crippen LogP) is 0.782. The Bertz CT molecular complexity index is 206. The molecule has 1 aromatic rings. The van der Waals surface area contributed by atoms with E-state index in [9.17, 15) is 4.79 Å². The molecule has 0 fully saturated rings. The Morgan fingerprint density at radius 2 is 2.60 bits per heavy atom. The van der Waals surface area contributed by atoms with Gasteiger partial charge in [-0.25, -0.2) is 4.79 Å². The molecule has 0 saturated carbocycles. The van der Waals surface area contributed by atoms with E-state index in [1.165, 1.54) is 0 Å². The smallest absolute Gasteiger partial charge is 0.404 e. The molecule has 0 unspecified atom stereocenters. The predicted molar refractivity (Wildman–Crippen MR) is 35.7 cm³/mol. The minimum absolute atomic E-state index is 0.336. The zero-order chi connectivity index (χ0) is 7.40. The van der Waals surface area contributed by atoms with Crippen LogP contribution < -0.4 is 5.32 Å². The number of H-pyrrole nitrogens is 1. The third-order valence-corrected chi connectivity index (χ3v) is 1.09. The van der Waals surface area contributed by atoms with Crippen molar-refractivity contribution in [3.63, 3.8) is 0 Å². The van der Waals surface area contributed by atoms with Gasteiger partial charge in [0.25, 0.3) is 0 Å². The Balaban J connectivity index is 2.35. The van der Waals surface area contributed by atoms with E-state index in [0.717, 1.165) is 5.69 Å². The molecule has 0 atom stereocenters. The molecule has 4 nitrogen and oxygen atoms in total. The number of hydrogen-bond donors (Lipinski definition) is 3. The van der Waals surface area contributed by atoms with Crippen LogP contribution >= 0.6 is 0 Å². The van der Waals surface area contributed by atoms with Crippen LogP contribution in [0.4, 0.5) is 4.79 Å². The fourth-order valence-corrected chi connectivity index (χ4v) is 0.648. The fraction of sp³-hybridized carbons (Fsp3) is 0.167. The van der Waals surface area contributed by atoms with Crippen molar-refractivity contribution in [2.75, 3.05) is 0 Å². The van der Waals surface area contributed by atoms with Crippen molar-refractivity contribution in [1.29, 1.82) is 0 Å². The lowest BCUT2D eigenvalue weighted by Crippen LogP contribution is -2.19. The van der Waals surface area contributed by atoms with Crippen LogP contribution in [0.2, 0.25) is 0 Å². The van der Waals surface area contributed by atoms with Gasteiger partial charge in [0.2, 0.25) is 0 Å². The molecule has 0 radical (unpaired) electrons. The molecule has 0 spiro atoms. The van der Waals surface area contributed by atoms with Crippen molar-refractivity contribution < 1.29 is 9.90 Å². The molecule has 1 rings (SSSR count). The Labute approximate surface area is 57.9 Å². The van der Waals surface area contributed by atoms with Crippen LogP contribution in [0.15, 0.2) is 18.3 Å². The van der Waals surface area contributed by atoms with Crippen molar-refractivity contribution in [2.24, 2.45) is 0 Å². The molecule has 0 bridgehead atoms. The van der Waals surface area contributed by atoms with Crippen LogP contribution in [0, 0.1) is 0 Å². The molecule has 1 amide bonds. The lowest BCUT2D eigenvalue weighted by Gasteiger charge is -1.95. The third kappa shape index (κ3) is 1.81. The highest BCUT2D eigenvalue weighted by Crippen LogP contribution is 1.91. The first kappa shape index (κ1) is 6.67. The Morgan fingerprint density at radius 3 is 3.10 bits per heavy atom. The SMILES string of the molecule is O=C(O)NCc1ccc[nH]1. The van der Waals surface area contributed by atoms with Gasteiger partial charge in [0, 0.05) is 11.9 Å². The number of nitrogens with one attached hydrogen (secondary N) is 2. The first-order valence-electron chi connectivity index (χ1n) is 2.88. The summed E-state index contributed by atoms with van der Waals surface area (Å²) in [7, 11) is 0. The molecule has 1 heterocycles. The highest BCUT2D eigenvalue weighted by Gasteiger charge is 1.94. The number of carboxylic acid groups (broad SMARTS) is 1. The first-order valence-corrected chi connectivity index (χ1v) is 2.88. The molecular weight excluding hydrogens is 132 g/mol. The zero-order valence-electron chi connectivity index (χ0n) is 5.29. The van der Waals surface area contributed by atoms with Gasteiger partial charge < -0.3 is 15.4 Å². The average molecular weight is 140 g/mol. The van der Waals surface area contributed by atoms with Crippen LogP contribution in [0.25, 0.3) is 0 Å². The van der Waals surface area contributed by atoms with E-state index in [0.29, 0.717) is 6.54 Å². The summed E-state index contributed by atoms with van der Waals surface area (Å²) in [5.74, 6) is 0. The maximum atomic E-state index is 9.97. The monoisotopic (exact) mass is 140 g/mol. The standard InChI is InChI=1S/C6H8N2O2/c9-6(10)8-4-5-2-1-3-7-5/h1-3,7-8H,4H2,(H,9,10). The van der Waals surface area contributed by atoms with Gasteiger partial charge in [-0.1, -0.05) is 0 Å². The van der Waals surface area contributed by atoms with E-state index in [1.807, 2.05) is 12.1 Å². The molecule has 3 N–H and O–H groups in total. The van der Waals surface area contributed by atoms with Crippen molar-refractivity contribution in [2.45, 2.75) is 6.54 Å². The number of hydrogen-bond acceptors (Lipinski definition) is 1. The maximum Gasteiger partial charge on any atom is 0.404 e. The number of amides is 1. The zero-order valence-corrected chi connectivity index (χ0v) is 5.29. The molecule has 0 saturated heterocycles. The van der Waals surface area contributed by atoms with E-state index >= 15 is 0 Å². The van der Waals surface area contributed by atoms with E-state index in [1.54, 1.807) is 6.20 Å². The van der Waals surface area contributed by atoms with Crippen molar-refractivity contribution in [3.05, 3.63) is 24.0 Å². The molecule has 1 aromatic heterocycles. The van der Waals surface area contributed by atoms with Gasteiger partial charge in [-0.2, -0.15) is 0 Å². The van der Waals surface area contributed by atoms with Crippen LogP contribution in [0.5, 0.6) is 0 Å². The van der Waals surface area contributed by atoms with Gasteiger partial charge in [0.15, 0.2) is 0 Å². The fourth-order valence-electron chi connectivity index (χ4n) is 0.648. The summed E-state index contributed by atoms with van der Waals surface area (Å²) >= 11 is 0. The van der Waals surface area contributed by atoms with Crippen molar-refractivity contribution in [1.82, 2.24) is 10.3 Å². The van der Waals surface area contributed by atoms with Gasteiger partial charge in [0.1, 0.15) is 0 Å². The summed E-state index contributed by atoms with van der Waals surface area (Å²) in [5.41, 5.74) is 0.863. The molecule has 0 aliphatic rings. The van der Waals surface area contributed by atoms with Gasteiger partial charge in [-0.05, 0) is 12.1 Å². The molecule has 54 valence electrons. The minimum Gasteiger partial charge on any atom is -0.465 e. The summed E-state index contributed by atoms with van der Waals surface area (Å²) in [4.78, 5) is 12.8. The average Bonchev–Trinajstić information content (AvgIpc) is 2.34. The summed E-state index contributed by atoms with van der Waals surface area (Å²) in [6.07, 6.45) is 0.744. The molecule has 0 aromatic carbocycles. The van der Waals surface area contributed by atoms with Gasteiger partial charge in [-0.15, -0.1) is 0 Å². The highest BCUT2D eigenvalue weighted by molar-refractivity contribution is 5.64. The lowest BCUT2D eigenvalue weighted by atomic mass is 10.4. The summed E-state index contributed by atoms with van der Waals surface area (Å²) in [5, 5.41) is 10.4. The molecule has 0 aliphatic heterocycles. The van der Waals surface area contributed by atoms with Crippen LogP contribution in [-0.2, 0) is 6.54 Å². The summed E-state index contributed by atoms with van der Waals surface area (Å²) in [6, 6.07) is 3.63. The van der Waals surface area contributed by atoms with Gasteiger partial charge in [-0.3, -0.25) is 0 Å². The number of rotatable bonds is 2. The van der Waals surface area contributed by atoms with E-state index in [2.05, 4.69) is 10.3 Å². The number of aromatic nitrogens is 1. The summed E-state index contributed by atoms with van der Waals surface area (Å²) < 4.78 is 0.